The number of aromatic nitrogens is 4. The van der Waals surface area contributed by atoms with Crippen LogP contribution in [0.5, 0.6) is 0 Å². The zero-order valence-corrected chi connectivity index (χ0v) is 16.5. The Morgan fingerprint density at radius 3 is 2.67 bits per heavy atom. The molecule has 3 aromatic heterocycles. The lowest BCUT2D eigenvalue weighted by atomic mass is 10.1. The Balaban J connectivity index is 1.41. The van der Waals surface area contributed by atoms with Crippen LogP contribution in [0.15, 0.2) is 54.0 Å². The maximum Gasteiger partial charge on any atom is 0.416 e. The van der Waals surface area contributed by atoms with Crippen LogP contribution in [0.2, 0.25) is 0 Å². The maximum absolute atomic E-state index is 12.7. The number of nitrogens with zero attached hydrogens (tertiary/aromatic N) is 4. The topological polar surface area (TPSA) is 72.2 Å². The number of benzene rings is 1. The summed E-state index contributed by atoms with van der Waals surface area (Å²) in [5.74, 6) is 0.377. The molecule has 0 saturated carbocycles. The Morgan fingerprint density at radius 2 is 1.93 bits per heavy atom. The number of halogens is 3. The number of amides is 1. The Morgan fingerprint density at radius 1 is 1.17 bits per heavy atom. The summed E-state index contributed by atoms with van der Waals surface area (Å²) in [4.78, 5) is 16.8. The van der Waals surface area contributed by atoms with Crippen molar-refractivity contribution in [2.45, 2.75) is 25.6 Å². The van der Waals surface area contributed by atoms with Crippen molar-refractivity contribution < 1.29 is 18.0 Å². The summed E-state index contributed by atoms with van der Waals surface area (Å²) >= 11 is 1.28. The molecule has 3 heterocycles. The summed E-state index contributed by atoms with van der Waals surface area (Å²) in [6, 6.07) is 9.97. The fraction of sp³-hybridized carbons (Fsp3) is 0.200. The highest BCUT2D eigenvalue weighted by Gasteiger charge is 2.30. The van der Waals surface area contributed by atoms with E-state index in [1.54, 1.807) is 9.78 Å². The van der Waals surface area contributed by atoms with Crippen LogP contribution in [0.4, 0.5) is 13.2 Å². The molecule has 0 fully saturated rings. The monoisotopic (exact) mass is 431 g/mol. The van der Waals surface area contributed by atoms with Crippen LogP contribution in [0.25, 0.3) is 16.2 Å². The van der Waals surface area contributed by atoms with Crippen LogP contribution in [-0.2, 0) is 17.4 Å². The molecule has 4 rings (SSSR count). The van der Waals surface area contributed by atoms with Gasteiger partial charge in [0.25, 0.3) is 0 Å². The first-order valence-corrected chi connectivity index (χ1v) is 9.90. The quantitative estimate of drug-likeness (QED) is 0.512. The summed E-state index contributed by atoms with van der Waals surface area (Å²) in [5.41, 5.74) is 1.10. The van der Waals surface area contributed by atoms with Gasteiger partial charge in [0, 0.05) is 17.1 Å². The molecule has 0 spiro atoms. The summed E-state index contributed by atoms with van der Waals surface area (Å²) in [5, 5.41) is 13.4. The molecule has 0 bridgehead atoms. The first kappa shape index (κ1) is 20.0. The number of carbonyl (C=O) groups is 1. The van der Waals surface area contributed by atoms with Crippen molar-refractivity contribution in [3.8, 4) is 10.6 Å². The first-order valence-electron chi connectivity index (χ1n) is 9.02. The fourth-order valence-corrected chi connectivity index (χ4v) is 3.83. The van der Waals surface area contributed by atoms with E-state index in [9.17, 15) is 18.0 Å². The largest absolute Gasteiger partial charge is 0.416 e. The van der Waals surface area contributed by atoms with Gasteiger partial charge in [-0.2, -0.15) is 13.2 Å². The van der Waals surface area contributed by atoms with Gasteiger partial charge in [0.05, 0.1) is 23.7 Å². The molecule has 0 aliphatic heterocycles. The van der Waals surface area contributed by atoms with Gasteiger partial charge in [-0.3, -0.25) is 9.20 Å². The molecule has 6 nitrogen and oxygen atoms in total. The van der Waals surface area contributed by atoms with Crippen molar-refractivity contribution in [1.29, 1.82) is 0 Å². The molecule has 30 heavy (non-hydrogen) atoms. The van der Waals surface area contributed by atoms with Crippen LogP contribution in [0.3, 0.4) is 0 Å². The van der Waals surface area contributed by atoms with E-state index in [2.05, 4.69) is 20.5 Å². The van der Waals surface area contributed by atoms with E-state index in [1.807, 2.05) is 31.3 Å². The molecule has 0 radical (unpaired) electrons. The third kappa shape index (κ3) is 4.18. The van der Waals surface area contributed by atoms with Crippen molar-refractivity contribution in [2.75, 3.05) is 0 Å². The normalized spacial score (nSPS) is 12.8. The van der Waals surface area contributed by atoms with Gasteiger partial charge in [0.1, 0.15) is 5.01 Å². The third-order valence-corrected chi connectivity index (χ3v) is 5.40. The van der Waals surface area contributed by atoms with Crippen LogP contribution in [0, 0.1) is 0 Å². The van der Waals surface area contributed by atoms with Crippen LogP contribution in [0.1, 0.15) is 30.0 Å². The molecule has 1 amide bonds. The molecular weight excluding hydrogens is 415 g/mol. The van der Waals surface area contributed by atoms with Crippen LogP contribution >= 0.6 is 11.3 Å². The second kappa shape index (κ2) is 7.86. The first-order chi connectivity index (χ1) is 14.3. The van der Waals surface area contributed by atoms with Crippen LogP contribution in [-0.4, -0.2) is 25.5 Å². The predicted molar refractivity (Wildman–Crippen MR) is 106 cm³/mol. The molecule has 1 unspecified atom stereocenters. The molecular formula is C20H16F3N5OS. The molecule has 0 saturated heterocycles. The van der Waals surface area contributed by atoms with Gasteiger partial charge in [-0.1, -0.05) is 18.2 Å². The highest BCUT2D eigenvalue weighted by molar-refractivity contribution is 7.13. The zero-order valence-electron chi connectivity index (χ0n) is 15.7. The van der Waals surface area contributed by atoms with Crippen LogP contribution < -0.4 is 5.32 Å². The van der Waals surface area contributed by atoms with E-state index in [-0.39, 0.29) is 18.4 Å². The van der Waals surface area contributed by atoms with Gasteiger partial charge in [-0.25, -0.2) is 4.98 Å². The second-order valence-electron chi connectivity index (χ2n) is 6.67. The minimum absolute atomic E-state index is 0.0538. The SMILES string of the molecule is CC(NC(=O)Cc1csc(-c2ccc(C(F)(F)F)cc2)n1)c1nnc2ccccn12. The summed E-state index contributed by atoms with van der Waals surface area (Å²) < 4.78 is 39.9. The standard InChI is InChI=1S/C20H16F3N5OS/c1-12(18-27-26-16-4-2-3-9-28(16)18)24-17(29)10-15-11-30-19(25-15)13-5-7-14(8-6-13)20(21,22)23/h2-9,11-12H,10H2,1H3,(H,24,29). The second-order valence-corrected chi connectivity index (χ2v) is 7.53. The van der Waals surface area contributed by atoms with Crippen molar-refractivity contribution in [3.05, 3.63) is 71.1 Å². The van der Waals surface area contributed by atoms with Gasteiger partial charge < -0.3 is 5.32 Å². The Kier molecular flexibility index (Phi) is 5.25. The molecule has 0 aliphatic rings. The number of fused-ring (bicyclic) bond motifs is 1. The lowest BCUT2D eigenvalue weighted by molar-refractivity contribution is -0.137. The number of alkyl halides is 3. The number of hydrogen-bond acceptors (Lipinski definition) is 5. The molecule has 10 heteroatoms. The van der Waals surface area contributed by atoms with Gasteiger partial charge in [-0.05, 0) is 31.2 Å². The minimum atomic E-state index is -4.38. The molecule has 1 aromatic carbocycles. The Labute approximate surface area is 173 Å². The third-order valence-electron chi connectivity index (χ3n) is 4.46. The number of pyridine rings is 1. The molecule has 4 aromatic rings. The molecule has 0 aliphatic carbocycles. The average Bonchev–Trinajstić information content (AvgIpc) is 3.34. The van der Waals surface area contributed by atoms with E-state index in [0.29, 0.717) is 27.7 Å². The lowest BCUT2D eigenvalue weighted by Crippen LogP contribution is -2.29. The number of carbonyl (C=O) groups excluding carboxylic acids is 1. The summed E-state index contributed by atoms with van der Waals surface area (Å²) in [6.07, 6.45) is -2.50. The van der Waals surface area contributed by atoms with Gasteiger partial charge in [0.2, 0.25) is 5.91 Å². The van der Waals surface area contributed by atoms with E-state index < -0.39 is 11.7 Å². The fourth-order valence-electron chi connectivity index (χ4n) is 3.00. The number of hydrogen-bond donors (Lipinski definition) is 1. The highest BCUT2D eigenvalue weighted by Crippen LogP contribution is 2.31. The summed E-state index contributed by atoms with van der Waals surface area (Å²) in [6.45, 7) is 1.82. The highest BCUT2D eigenvalue weighted by atomic mass is 32.1. The number of nitrogens with one attached hydrogen (secondary N) is 1. The van der Waals surface area contributed by atoms with E-state index in [0.717, 1.165) is 12.1 Å². The van der Waals surface area contributed by atoms with E-state index >= 15 is 0 Å². The minimum Gasteiger partial charge on any atom is -0.346 e. The molecule has 154 valence electrons. The van der Waals surface area contributed by atoms with Crippen molar-refractivity contribution in [2.24, 2.45) is 0 Å². The Hall–Kier alpha value is -3.27. The zero-order chi connectivity index (χ0) is 21.3. The van der Waals surface area contributed by atoms with Crippen molar-refractivity contribution in [3.63, 3.8) is 0 Å². The van der Waals surface area contributed by atoms with Gasteiger partial charge >= 0.3 is 6.18 Å². The smallest absolute Gasteiger partial charge is 0.346 e. The van der Waals surface area contributed by atoms with Gasteiger partial charge in [-0.15, -0.1) is 21.5 Å². The van der Waals surface area contributed by atoms with E-state index in [4.69, 9.17) is 0 Å². The lowest BCUT2D eigenvalue weighted by Gasteiger charge is -2.11. The predicted octanol–water partition coefficient (Wildman–Crippen LogP) is 4.29. The summed E-state index contributed by atoms with van der Waals surface area (Å²) in [7, 11) is 0. The van der Waals surface area contributed by atoms with Gasteiger partial charge in [0.15, 0.2) is 11.5 Å². The van der Waals surface area contributed by atoms with E-state index in [1.165, 1.54) is 23.5 Å². The number of thiazole rings is 1. The number of rotatable bonds is 5. The van der Waals surface area contributed by atoms with Crippen molar-refractivity contribution in [1.82, 2.24) is 24.9 Å². The average molecular weight is 431 g/mol. The Bertz CT molecular complexity index is 1180. The molecule has 1 atom stereocenters. The molecule has 1 N–H and O–H groups in total. The van der Waals surface area contributed by atoms with Crippen molar-refractivity contribution >= 4 is 22.9 Å². The maximum atomic E-state index is 12.7.